The van der Waals surface area contributed by atoms with Gasteiger partial charge in [0.05, 0.1) is 23.3 Å². The number of fused-ring (bicyclic) bond motifs is 1. The number of thiocarbonyl (C=S) groups is 1. The first-order chi connectivity index (χ1) is 15.4. The molecule has 0 aromatic heterocycles. The van der Waals surface area contributed by atoms with Crippen molar-refractivity contribution in [1.82, 2.24) is 4.90 Å². The van der Waals surface area contributed by atoms with Crippen molar-refractivity contribution in [3.63, 3.8) is 0 Å². The van der Waals surface area contributed by atoms with E-state index in [9.17, 15) is 14.4 Å². The van der Waals surface area contributed by atoms with E-state index in [-0.39, 0.29) is 35.4 Å². The van der Waals surface area contributed by atoms with Crippen LogP contribution in [0.2, 0.25) is 0 Å². The zero-order valence-electron chi connectivity index (χ0n) is 17.2. The molecule has 1 saturated heterocycles. The normalized spacial score (nSPS) is 17.6. The number of nitrogens with one attached hydrogen (secondary N) is 1. The van der Waals surface area contributed by atoms with Crippen LogP contribution < -0.4 is 15.0 Å². The lowest BCUT2D eigenvalue weighted by Gasteiger charge is -2.17. The Balaban J connectivity index is 1.62. The van der Waals surface area contributed by atoms with Crippen LogP contribution in [0.3, 0.4) is 0 Å². The third-order valence-corrected chi connectivity index (χ3v) is 6.43. The molecule has 0 radical (unpaired) electrons. The molecule has 162 valence electrons. The minimum Gasteiger partial charge on any atom is -0.497 e. The number of para-hydroxylation sites is 1. The van der Waals surface area contributed by atoms with Crippen molar-refractivity contribution >= 4 is 63.0 Å². The molecule has 1 fully saturated rings. The quantitative estimate of drug-likeness (QED) is 0.400. The van der Waals surface area contributed by atoms with E-state index < -0.39 is 5.91 Å². The predicted molar refractivity (Wildman–Crippen MR) is 129 cm³/mol. The van der Waals surface area contributed by atoms with Crippen molar-refractivity contribution in [2.45, 2.75) is 0 Å². The van der Waals surface area contributed by atoms with E-state index in [0.29, 0.717) is 27.0 Å². The van der Waals surface area contributed by atoms with Gasteiger partial charge in [-0.05, 0) is 30.3 Å². The highest BCUT2D eigenvalue weighted by Crippen LogP contribution is 2.44. The van der Waals surface area contributed by atoms with Crippen molar-refractivity contribution in [1.29, 1.82) is 0 Å². The zero-order valence-corrected chi connectivity index (χ0v) is 18.8. The minimum atomic E-state index is -0.407. The molecule has 2 heterocycles. The van der Waals surface area contributed by atoms with E-state index in [1.807, 2.05) is 0 Å². The van der Waals surface area contributed by atoms with Crippen molar-refractivity contribution in [2.75, 3.05) is 30.4 Å². The van der Waals surface area contributed by atoms with Crippen LogP contribution in [0.5, 0.6) is 5.75 Å². The Bertz CT molecular complexity index is 1170. The maximum absolute atomic E-state index is 13.4. The molecule has 7 nitrogen and oxygen atoms in total. The van der Waals surface area contributed by atoms with E-state index in [4.69, 9.17) is 17.0 Å². The summed E-state index contributed by atoms with van der Waals surface area (Å²) >= 11 is 6.40. The van der Waals surface area contributed by atoms with Gasteiger partial charge in [-0.3, -0.25) is 24.2 Å². The summed E-state index contributed by atoms with van der Waals surface area (Å²) in [6.45, 7) is 3.72. The average molecular weight is 466 g/mol. The van der Waals surface area contributed by atoms with Crippen LogP contribution in [0.15, 0.2) is 66.1 Å². The summed E-state index contributed by atoms with van der Waals surface area (Å²) in [5, 5.41) is 2.78. The van der Waals surface area contributed by atoms with Gasteiger partial charge in [0, 0.05) is 17.8 Å². The number of methoxy groups -OCH3 is 1. The van der Waals surface area contributed by atoms with Crippen molar-refractivity contribution in [3.05, 3.63) is 71.7 Å². The molecule has 2 aliphatic rings. The van der Waals surface area contributed by atoms with Crippen molar-refractivity contribution < 1.29 is 19.1 Å². The smallest absolute Gasteiger partial charge is 0.267 e. The van der Waals surface area contributed by atoms with Gasteiger partial charge >= 0.3 is 0 Å². The molecule has 2 aromatic rings. The van der Waals surface area contributed by atoms with Crippen molar-refractivity contribution in [2.24, 2.45) is 0 Å². The van der Waals surface area contributed by atoms with Gasteiger partial charge in [-0.1, -0.05) is 48.3 Å². The second-order valence-corrected chi connectivity index (χ2v) is 8.61. The number of carbonyl (C=O) groups is 3. The Morgan fingerprint density at radius 2 is 1.84 bits per heavy atom. The van der Waals surface area contributed by atoms with E-state index in [1.165, 1.54) is 9.80 Å². The van der Waals surface area contributed by atoms with Gasteiger partial charge in [-0.2, -0.15) is 0 Å². The number of thioether (sulfide) groups is 1. The summed E-state index contributed by atoms with van der Waals surface area (Å²) in [5.41, 5.74) is 2.03. The van der Waals surface area contributed by atoms with E-state index in [1.54, 1.807) is 61.7 Å². The van der Waals surface area contributed by atoms with Crippen LogP contribution in [0.4, 0.5) is 11.4 Å². The van der Waals surface area contributed by atoms with Crippen LogP contribution >= 0.6 is 24.0 Å². The van der Waals surface area contributed by atoms with Gasteiger partial charge in [0.25, 0.3) is 11.8 Å². The Kier molecular flexibility index (Phi) is 6.11. The molecule has 9 heteroatoms. The molecule has 32 heavy (non-hydrogen) atoms. The summed E-state index contributed by atoms with van der Waals surface area (Å²) < 4.78 is 5.49. The Morgan fingerprint density at radius 1 is 1.12 bits per heavy atom. The van der Waals surface area contributed by atoms with Gasteiger partial charge in [-0.25, -0.2) is 0 Å². The Hall–Kier alpha value is -3.43. The molecule has 0 bridgehead atoms. The third kappa shape index (κ3) is 3.92. The molecule has 2 aromatic carbocycles. The lowest BCUT2D eigenvalue weighted by Crippen LogP contribution is -2.35. The predicted octanol–water partition coefficient (Wildman–Crippen LogP) is 3.44. The lowest BCUT2D eigenvalue weighted by atomic mass is 10.1. The molecule has 0 spiro atoms. The lowest BCUT2D eigenvalue weighted by molar-refractivity contribution is -0.122. The summed E-state index contributed by atoms with van der Waals surface area (Å²) in [6, 6.07) is 14.0. The number of rotatable bonds is 6. The average Bonchev–Trinajstić information content (AvgIpc) is 3.22. The molecule has 2 aliphatic heterocycles. The van der Waals surface area contributed by atoms with Gasteiger partial charge in [0.1, 0.15) is 16.6 Å². The largest absolute Gasteiger partial charge is 0.497 e. The van der Waals surface area contributed by atoms with Crippen LogP contribution in [0, 0.1) is 0 Å². The Morgan fingerprint density at radius 3 is 2.53 bits per heavy atom. The maximum Gasteiger partial charge on any atom is 0.267 e. The second-order valence-electron chi connectivity index (χ2n) is 6.96. The summed E-state index contributed by atoms with van der Waals surface area (Å²) in [5.74, 6) is -0.429. The number of ether oxygens (including phenoxy) is 1. The SMILES string of the molecule is C=CCN1C(=O)C(=C2C(=O)N(CC(=O)Nc3ccc(OC)cc3)c3ccccc32)SC1=S. The summed E-state index contributed by atoms with van der Waals surface area (Å²) in [4.78, 5) is 42.0. The first-order valence-electron chi connectivity index (χ1n) is 9.68. The maximum atomic E-state index is 13.4. The van der Waals surface area contributed by atoms with E-state index in [2.05, 4.69) is 11.9 Å². The van der Waals surface area contributed by atoms with Crippen LogP contribution in [0.1, 0.15) is 5.56 Å². The molecule has 0 aliphatic carbocycles. The number of hydrogen-bond donors (Lipinski definition) is 1. The summed E-state index contributed by atoms with van der Waals surface area (Å²) in [6.07, 6.45) is 1.58. The first kappa shape index (κ1) is 21.8. The van der Waals surface area contributed by atoms with E-state index in [0.717, 1.165) is 11.8 Å². The van der Waals surface area contributed by atoms with Crippen LogP contribution in [-0.4, -0.2) is 47.1 Å². The molecule has 0 unspecified atom stereocenters. The topological polar surface area (TPSA) is 79.0 Å². The fourth-order valence-corrected chi connectivity index (χ4v) is 4.86. The van der Waals surface area contributed by atoms with Crippen LogP contribution in [0.25, 0.3) is 5.57 Å². The van der Waals surface area contributed by atoms with Crippen LogP contribution in [-0.2, 0) is 14.4 Å². The fraction of sp³-hybridized carbons (Fsp3) is 0.130. The number of carbonyl (C=O) groups excluding carboxylic acids is 3. The van der Waals surface area contributed by atoms with Gasteiger partial charge in [-0.15, -0.1) is 6.58 Å². The molecular formula is C23H19N3O4S2. The van der Waals surface area contributed by atoms with Gasteiger partial charge in [0.15, 0.2) is 0 Å². The zero-order chi connectivity index (χ0) is 22.8. The standard InChI is InChI=1S/C23H19N3O4S2/c1-3-12-25-22(29)20(32-23(25)31)19-16-6-4-5-7-17(16)26(21(19)28)13-18(27)24-14-8-10-15(30-2)11-9-14/h3-11H,1,12-13H2,2H3,(H,24,27). The summed E-state index contributed by atoms with van der Waals surface area (Å²) in [7, 11) is 1.56. The third-order valence-electron chi connectivity index (χ3n) is 4.99. The molecule has 4 rings (SSSR count). The minimum absolute atomic E-state index is 0.196. The molecule has 1 N–H and O–H groups in total. The number of hydrogen-bond acceptors (Lipinski definition) is 6. The second kappa shape index (κ2) is 8.97. The Labute approximate surface area is 194 Å². The van der Waals surface area contributed by atoms with Gasteiger partial charge < -0.3 is 10.1 Å². The monoisotopic (exact) mass is 465 g/mol. The molecule has 0 atom stereocenters. The highest BCUT2D eigenvalue weighted by molar-refractivity contribution is 8.26. The number of benzene rings is 2. The molecule has 0 saturated carbocycles. The molecular weight excluding hydrogens is 446 g/mol. The number of amides is 3. The highest BCUT2D eigenvalue weighted by atomic mass is 32.2. The number of anilines is 2. The fourth-order valence-electron chi connectivity index (χ4n) is 3.51. The highest BCUT2D eigenvalue weighted by Gasteiger charge is 2.42. The van der Waals surface area contributed by atoms with Gasteiger partial charge in [0.2, 0.25) is 5.91 Å². The number of nitrogens with zero attached hydrogens (tertiary/aromatic N) is 2. The molecule has 3 amide bonds. The first-order valence-corrected chi connectivity index (χ1v) is 10.9. The van der Waals surface area contributed by atoms with E-state index >= 15 is 0 Å². The van der Waals surface area contributed by atoms with Crippen molar-refractivity contribution in [3.8, 4) is 5.75 Å².